The van der Waals surface area contributed by atoms with Gasteiger partial charge in [-0.25, -0.2) is 0 Å². The van der Waals surface area contributed by atoms with Gasteiger partial charge in [-0.3, -0.25) is 4.79 Å². The van der Waals surface area contributed by atoms with Gasteiger partial charge in [0.05, 0.1) is 13.5 Å². The van der Waals surface area contributed by atoms with Crippen LogP contribution in [0.4, 0.5) is 0 Å². The molecule has 0 aliphatic heterocycles. The van der Waals surface area contributed by atoms with Crippen molar-refractivity contribution in [2.45, 2.75) is 19.4 Å². The van der Waals surface area contributed by atoms with Crippen molar-refractivity contribution in [3.63, 3.8) is 0 Å². The van der Waals surface area contributed by atoms with Crippen LogP contribution in [-0.4, -0.2) is 19.6 Å². The van der Waals surface area contributed by atoms with Gasteiger partial charge in [0.2, 0.25) is 0 Å². The lowest BCUT2D eigenvalue weighted by Gasteiger charge is -2.13. The number of hydrogen-bond donors (Lipinski definition) is 1. The average molecular weight is 286 g/mol. The van der Waals surface area contributed by atoms with Crippen LogP contribution in [0.1, 0.15) is 24.9 Å². The molecule has 0 aromatic heterocycles. The normalized spacial score (nSPS) is 12.2. The van der Waals surface area contributed by atoms with Gasteiger partial charge in [0.15, 0.2) is 0 Å². The highest BCUT2D eigenvalue weighted by Crippen LogP contribution is 2.16. The predicted octanol–water partition coefficient (Wildman–Crippen LogP) is 2.66. The van der Waals surface area contributed by atoms with Crippen LogP contribution in [0.2, 0.25) is 0 Å². The molecule has 0 radical (unpaired) electrons. The van der Waals surface area contributed by atoms with Gasteiger partial charge in [-0.05, 0) is 24.6 Å². The van der Waals surface area contributed by atoms with E-state index in [4.69, 9.17) is 0 Å². The van der Waals surface area contributed by atoms with Gasteiger partial charge in [-0.2, -0.15) is 0 Å². The summed E-state index contributed by atoms with van der Waals surface area (Å²) in [6.07, 6.45) is 0.400. The fraction of sp³-hybridized carbons (Fsp3) is 0.417. The Labute approximate surface area is 104 Å². The molecular formula is C12H16BrNO2. The van der Waals surface area contributed by atoms with E-state index in [0.29, 0.717) is 13.0 Å². The minimum absolute atomic E-state index is 0.185. The fourth-order valence-electron chi connectivity index (χ4n) is 1.36. The fourth-order valence-corrected chi connectivity index (χ4v) is 1.63. The number of carbonyl (C=O) groups is 1. The molecule has 3 nitrogen and oxygen atoms in total. The largest absolute Gasteiger partial charge is 0.469 e. The maximum absolute atomic E-state index is 10.9. The summed E-state index contributed by atoms with van der Waals surface area (Å²) >= 11 is 3.39. The van der Waals surface area contributed by atoms with E-state index in [0.717, 1.165) is 4.47 Å². The van der Waals surface area contributed by atoms with Gasteiger partial charge < -0.3 is 10.1 Å². The van der Waals surface area contributed by atoms with Crippen molar-refractivity contribution in [2.24, 2.45) is 0 Å². The summed E-state index contributed by atoms with van der Waals surface area (Å²) in [5, 5.41) is 3.27. The van der Waals surface area contributed by atoms with Gasteiger partial charge in [-0.1, -0.05) is 28.1 Å². The number of benzene rings is 1. The Morgan fingerprint density at radius 2 is 2.06 bits per heavy atom. The molecule has 1 atom stereocenters. The molecule has 0 saturated carbocycles. The van der Waals surface area contributed by atoms with Gasteiger partial charge in [-0.15, -0.1) is 0 Å². The number of hydrogen-bond acceptors (Lipinski definition) is 3. The third-order valence-electron chi connectivity index (χ3n) is 2.38. The van der Waals surface area contributed by atoms with Crippen LogP contribution in [0.3, 0.4) is 0 Å². The highest BCUT2D eigenvalue weighted by Gasteiger charge is 2.05. The van der Waals surface area contributed by atoms with Gasteiger partial charge >= 0.3 is 5.97 Å². The Morgan fingerprint density at radius 3 is 2.62 bits per heavy atom. The molecule has 1 unspecified atom stereocenters. The average Bonchev–Trinajstić information content (AvgIpc) is 2.29. The lowest BCUT2D eigenvalue weighted by atomic mass is 10.1. The number of carbonyl (C=O) groups excluding carboxylic acids is 1. The second kappa shape index (κ2) is 6.66. The summed E-state index contributed by atoms with van der Waals surface area (Å²) in [4.78, 5) is 10.9. The molecule has 4 heteroatoms. The van der Waals surface area contributed by atoms with Gasteiger partial charge in [0.25, 0.3) is 0 Å². The molecule has 0 aliphatic rings. The van der Waals surface area contributed by atoms with Crippen LogP contribution in [0.15, 0.2) is 28.7 Å². The summed E-state index contributed by atoms with van der Waals surface area (Å²) in [7, 11) is 1.40. The van der Waals surface area contributed by atoms with Crippen LogP contribution in [0.25, 0.3) is 0 Å². The molecule has 0 aliphatic carbocycles. The number of halogens is 1. The molecule has 1 aromatic carbocycles. The van der Waals surface area contributed by atoms with Crippen molar-refractivity contribution in [1.29, 1.82) is 0 Å². The van der Waals surface area contributed by atoms with E-state index in [9.17, 15) is 4.79 Å². The van der Waals surface area contributed by atoms with Crippen LogP contribution in [0, 0.1) is 0 Å². The minimum atomic E-state index is -0.185. The Hall–Kier alpha value is -0.870. The maximum atomic E-state index is 10.9. The molecule has 88 valence electrons. The molecular weight excluding hydrogens is 270 g/mol. The van der Waals surface area contributed by atoms with Crippen molar-refractivity contribution < 1.29 is 9.53 Å². The molecule has 0 saturated heterocycles. The molecule has 0 amide bonds. The van der Waals surface area contributed by atoms with E-state index >= 15 is 0 Å². The van der Waals surface area contributed by atoms with Crippen molar-refractivity contribution in [3.05, 3.63) is 34.3 Å². The van der Waals surface area contributed by atoms with Gasteiger partial charge in [0, 0.05) is 17.1 Å². The van der Waals surface area contributed by atoms with E-state index in [1.807, 2.05) is 12.1 Å². The number of rotatable bonds is 5. The first kappa shape index (κ1) is 13.2. The van der Waals surface area contributed by atoms with Crippen molar-refractivity contribution in [2.75, 3.05) is 13.7 Å². The first-order valence-electron chi connectivity index (χ1n) is 5.19. The number of esters is 1. The Morgan fingerprint density at radius 1 is 1.44 bits per heavy atom. The monoisotopic (exact) mass is 285 g/mol. The summed E-state index contributed by atoms with van der Waals surface area (Å²) in [6.45, 7) is 2.70. The Balaban J connectivity index is 2.37. The standard InChI is InChI=1S/C12H16BrNO2/c1-9(14-8-7-12(15)16-2)10-3-5-11(13)6-4-10/h3-6,9,14H,7-8H2,1-2H3. The van der Waals surface area contributed by atoms with E-state index < -0.39 is 0 Å². The third kappa shape index (κ3) is 4.33. The van der Waals surface area contributed by atoms with E-state index in [1.54, 1.807) is 0 Å². The van der Waals surface area contributed by atoms with E-state index in [1.165, 1.54) is 12.7 Å². The van der Waals surface area contributed by atoms with Crippen LogP contribution in [0.5, 0.6) is 0 Å². The van der Waals surface area contributed by atoms with E-state index in [2.05, 4.69) is 45.0 Å². The SMILES string of the molecule is COC(=O)CCNC(C)c1ccc(Br)cc1. The maximum Gasteiger partial charge on any atom is 0.306 e. The topological polar surface area (TPSA) is 38.3 Å². The molecule has 0 bridgehead atoms. The van der Waals surface area contributed by atoms with Crippen LogP contribution >= 0.6 is 15.9 Å². The first-order valence-corrected chi connectivity index (χ1v) is 5.98. The Kier molecular flexibility index (Phi) is 5.49. The summed E-state index contributed by atoms with van der Waals surface area (Å²) < 4.78 is 5.64. The summed E-state index contributed by atoms with van der Waals surface area (Å²) in [5.41, 5.74) is 1.20. The van der Waals surface area contributed by atoms with Gasteiger partial charge in [0.1, 0.15) is 0 Å². The number of methoxy groups -OCH3 is 1. The molecule has 0 spiro atoms. The second-order valence-corrected chi connectivity index (χ2v) is 4.47. The zero-order valence-electron chi connectivity index (χ0n) is 9.50. The van der Waals surface area contributed by atoms with Crippen molar-refractivity contribution in [1.82, 2.24) is 5.32 Å². The highest BCUT2D eigenvalue weighted by atomic mass is 79.9. The van der Waals surface area contributed by atoms with Crippen LogP contribution in [-0.2, 0) is 9.53 Å². The van der Waals surface area contributed by atoms with Crippen LogP contribution < -0.4 is 5.32 Å². The lowest BCUT2D eigenvalue weighted by Crippen LogP contribution is -2.22. The lowest BCUT2D eigenvalue weighted by molar-refractivity contribution is -0.140. The molecule has 1 N–H and O–H groups in total. The summed E-state index contributed by atoms with van der Waals surface area (Å²) in [6, 6.07) is 8.36. The molecule has 0 fully saturated rings. The van der Waals surface area contributed by atoms with Crippen molar-refractivity contribution >= 4 is 21.9 Å². The second-order valence-electron chi connectivity index (χ2n) is 3.55. The quantitative estimate of drug-likeness (QED) is 0.846. The molecule has 0 heterocycles. The molecule has 16 heavy (non-hydrogen) atoms. The number of nitrogens with one attached hydrogen (secondary N) is 1. The van der Waals surface area contributed by atoms with Crippen molar-refractivity contribution in [3.8, 4) is 0 Å². The molecule has 1 aromatic rings. The van der Waals surface area contributed by atoms with E-state index in [-0.39, 0.29) is 12.0 Å². The zero-order valence-corrected chi connectivity index (χ0v) is 11.1. The number of ether oxygens (including phenoxy) is 1. The Bertz CT molecular complexity index is 337. The minimum Gasteiger partial charge on any atom is -0.469 e. The zero-order chi connectivity index (χ0) is 12.0. The highest BCUT2D eigenvalue weighted by molar-refractivity contribution is 9.10. The summed E-state index contributed by atoms with van der Waals surface area (Å²) in [5.74, 6) is -0.185. The smallest absolute Gasteiger partial charge is 0.306 e. The third-order valence-corrected chi connectivity index (χ3v) is 2.91. The molecule has 1 rings (SSSR count). The predicted molar refractivity (Wildman–Crippen MR) is 67.2 cm³/mol. The first-order chi connectivity index (χ1) is 7.63.